The van der Waals surface area contributed by atoms with Crippen LogP contribution in [0.1, 0.15) is 30.5 Å². The summed E-state index contributed by atoms with van der Waals surface area (Å²) < 4.78 is 50.0. The molecule has 0 unspecified atom stereocenters. The number of thioether (sulfide) groups is 1. The van der Waals surface area contributed by atoms with Crippen molar-refractivity contribution < 1.29 is 27.4 Å². The van der Waals surface area contributed by atoms with Crippen molar-refractivity contribution in [1.82, 2.24) is 10.2 Å². The molecule has 2 aromatic carbocycles. The number of nitrogens with one attached hydrogen (secondary N) is 1. The molecule has 3 rings (SSSR count). The smallest absolute Gasteiger partial charge is 0.416 e. The predicted molar refractivity (Wildman–Crippen MR) is 133 cm³/mol. The molecular formula is C25H25F3N4O3S. The number of likely N-dealkylation sites (N-methyl/N-ethyl adjacent to an activating group) is 1. The number of benzene rings is 2. The van der Waals surface area contributed by atoms with E-state index in [2.05, 4.69) is 29.1 Å². The lowest BCUT2D eigenvalue weighted by Gasteiger charge is -2.18. The van der Waals surface area contributed by atoms with Crippen molar-refractivity contribution in [3.63, 3.8) is 0 Å². The summed E-state index contributed by atoms with van der Waals surface area (Å²) in [6.07, 6.45) is -2.79. The van der Waals surface area contributed by atoms with E-state index in [4.69, 9.17) is 9.47 Å². The monoisotopic (exact) mass is 518 g/mol. The van der Waals surface area contributed by atoms with Crippen molar-refractivity contribution in [1.29, 1.82) is 5.26 Å². The third-order valence-electron chi connectivity index (χ3n) is 5.38. The summed E-state index contributed by atoms with van der Waals surface area (Å²) >= 11 is 1.01. The van der Waals surface area contributed by atoms with E-state index >= 15 is 0 Å². The van der Waals surface area contributed by atoms with Gasteiger partial charge in [0.05, 0.1) is 23.1 Å². The van der Waals surface area contributed by atoms with E-state index in [-0.39, 0.29) is 22.3 Å². The van der Waals surface area contributed by atoms with E-state index in [1.54, 1.807) is 30.3 Å². The molecule has 11 heteroatoms. The van der Waals surface area contributed by atoms with E-state index in [9.17, 15) is 23.2 Å². The van der Waals surface area contributed by atoms with Crippen LogP contribution >= 0.6 is 11.8 Å². The molecule has 0 aliphatic carbocycles. The maximum Gasteiger partial charge on any atom is 0.416 e. The molecule has 36 heavy (non-hydrogen) atoms. The molecule has 0 fully saturated rings. The van der Waals surface area contributed by atoms with E-state index in [0.717, 1.165) is 49.6 Å². The summed E-state index contributed by atoms with van der Waals surface area (Å²) in [5.74, 6) is 0.992. The maximum atomic E-state index is 13.0. The van der Waals surface area contributed by atoms with Gasteiger partial charge in [-0.1, -0.05) is 19.9 Å². The van der Waals surface area contributed by atoms with E-state index in [1.165, 1.54) is 7.11 Å². The largest absolute Gasteiger partial charge is 0.493 e. The van der Waals surface area contributed by atoms with Crippen LogP contribution in [0.15, 0.2) is 46.3 Å². The number of hydrogen-bond acceptors (Lipinski definition) is 7. The second-order valence-corrected chi connectivity index (χ2v) is 8.62. The molecule has 0 atom stereocenters. The minimum Gasteiger partial charge on any atom is -0.493 e. The number of methoxy groups -OCH3 is 1. The van der Waals surface area contributed by atoms with Crippen LogP contribution < -0.4 is 14.8 Å². The number of carbonyl (C=O) groups excluding carboxylic acids is 1. The topological polar surface area (TPSA) is 87.0 Å². The van der Waals surface area contributed by atoms with Crippen LogP contribution in [-0.2, 0) is 6.18 Å². The van der Waals surface area contributed by atoms with E-state index in [0.29, 0.717) is 28.6 Å². The standard InChI is InChI=1S/C25H25F3N4O3S/c1-4-32(5-2)11-10-30-23-22(36-24(33)31-23)13-16-6-8-20(21(12-16)34-3)35-19-9-7-18(25(26,27)28)14-17(19)15-29/h6-9,12-14H,4-5,10-11H2,1-3H3,(H,30,31,33). The van der Waals surface area contributed by atoms with E-state index in [1.807, 2.05) is 0 Å². The highest BCUT2D eigenvalue weighted by molar-refractivity contribution is 8.18. The average molecular weight is 519 g/mol. The fourth-order valence-electron chi connectivity index (χ4n) is 3.42. The molecule has 0 saturated carbocycles. The van der Waals surface area contributed by atoms with Gasteiger partial charge in [-0.2, -0.15) is 23.4 Å². The number of nitrogens with zero attached hydrogens (tertiary/aromatic N) is 3. The molecule has 7 nitrogen and oxygen atoms in total. The minimum absolute atomic E-state index is 0.0290. The van der Waals surface area contributed by atoms with Gasteiger partial charge in [-0.05, 0) is 66.8 Å². The molecule has 1 aliphatic rings. The van der Waals surface area contributed by atoms with Gasteiger partial charge in [0.1, 0.15) is 17.7 Å². The van der Waals surface area contributed by atoms with Crippen LogP contribution in [0.2, 0.25) is 0 Å². The van der Waals surface area contributed by atoms with Crippen LogP contribution in [0.4, 0.5) is 18.0 Å². The first-order chi connectivity index (χ1) is 17.2. The average Bonchev–Trinajstić information content (AvgIpc) is 3.20. The Morgan fingerprint density at radius 3 is 2.50 bits per heavy atom. The Kier molecular flexibility index (Phi) is 9.01. The Labute approximate surface area is 211 Å². The van der Waals surface area contributed by atoms with Crippen molar-refractivity contribution in [2.24, 2.45) is 4.99 Å². The number of carbonyl (C=O) groups is 1. The highest BCUT2D eigenvalue weighted by atomic mass is 32.2. The molecule has 1 aliphatic heterocycles. The van der Waals surface area contributed by atoms with Crippen molar-refractivity contribution in [3.8, 4) is 23.3 Å². The zero-order valence-electron chi connectivity index (χ0n) is 20.0. The van der Waals surface area contributed by atoms with Crippen LogP contribution in [0, 0.1) is 11.3 Å². The fraction of sp³-hybridized carbons (Fsp3) is 0.320. The highest BCUT2D eigenvalue weighted by Crippen LogP contribution is 2.38. The molecule has 1 amide bonds. The first kappa shape index (κ1) is 27.1. The van der Waals surface area contributed by atoms with Crippen LogP contribution in [0.5, 0.6) is 17.2 Å². The summed E-state index contributed by atoms with van der Waals surface area (Å²) in [6, 6.07) is 9.37. The number of aliphatic imine (C=N–C) groups is 1. The first-order valence-electron chi connectivity index (χ1n) is 11.1. The van der Waals surface area contributed by atoms with Gasteiger partial charge in [0, 0.05) is 13.1 Å². The number of nitriles is 1. The summed E-state index contributed by atoms with van der Waals surface area (Å²) in [5.41, 5.74) is -0.495. The van der Waals surface area contributed by atoms with E-state index < -0.39 is 11.7 Å². The second kappa shape index (κ2) is 12.0. The second-order valence-electron chi connectivity index (χ2n) is 7.62. The number of halogens is 3. The van der Waals surface area contributed by atoms with Crippen LogP contribution in [0.25, 0.3) is 6.08 Å². The predicted octanol–water partition coefficient (Wildman–Crippen LogP) is 5.92. The van der Waals surface area contributed by atoms with Gasteiger partial charge in [0.15, 0.2) is 11.5 Å². The van der Waals surface area contributed by atoms with Crippen LogP contribution in [0.3, 0.4) is 0 Å². The lowest BCUT2D eigenvalue weighted by atomic mass is 10.1. The highest BCUT2D eigenvalue weighted by Gasteiger charge is 2.31. The minimum atomic E-state index is -4.57. The molecule has 1 heterocycles. The van der Waals surface area contributed by atoms with Gasteiger partial charge in [0.25, 0.3) is 0 Å². The number of hydrogen-bond donors (Lipinski definition) is 1. The summed E-state index contributed by atoms with van der Waals surface area (Å²) in [5, 5.41) is 12.2. The Balaban J connectivity index is 1.80. The molecule has 0 bridgehead atoms. The third-order valence-corrected chi connectivity index (χ3v) is 6.18. The van der Waals surface area contributed by atoms with Crippen molar-refractivity contribution in [2.75, 3.05) is 33.3 Å². The van der Waals surface area contributed by atoms with Crippen molar-refractivity contribution in [3.05, 3.63) is 58.0 Å². The molecule has 0 aromatic heterocycles. The normalized spacial score (nSPS) is 14.7. The zero-order valence-corrected chi connectivity index (χ0v) is 20.8. The number of amides is 1. The summed E-state index contributed by atoms with van der Waals surface area (Å²) in [7, 11) is 1.42. The maximum absolute atomic E-state index is 13.0. The van der Waals surface area contributed by atoms with Crippen molar-refractivity contribution in [2.45, 2.75) is 20.0 Å². The molecule has 0 saturated heterocycles. The number of amidine groups is 1. The van der Waals surface area contributed by atoms with Gasteiger partial charge in [-0.15, -0.1) is 0 Å². The van der Waals surface area contributed by atoms with Crippen LogP contribution in [-0.4, -0.2) is 49.3 Å². The van der Waals surface area contributed by atoms with Gasteiger partial charge >= 0.3 is 11.4 Å². The Bertz CT molecular complexity index is 1220. The molecule has 0 spiro atoms. The fourth-order valence-corrected chi connectivity index (χ4v) is 4.15. The van der Waals surface area contributed by atoms with Gasteiger partial charge < -0.3 is 19.7 Å². The Hall–Kier alpha value is -3.49. The third kappa shape index (κ3) is 6.80. The Morgan fingerprint density at radius 2 is 1.86 bits per heavy atom. The number of ether oxygens (including phenoxy) is 2. The number of rotatable bonds is 9. The zero-order chi connectivity index (χ0) is 26.3. The quantitative estimate of drug-likeness (QED) is 0.441. The first-order valence-corrected chi connectivity index (χ1v) is 12.0. The lowest BCUT2D eigenvalue weighted by Crippen LogP contribution is -2.34. The molecule has 0 radical (unpaired) electrons. The SMILES string of the molecule is CCN(CC)CCNC1=NC(=O)SC1=Cc1ccc(Oc2ccc(C(F)(F)F)cc2C#N)c(OC)c1. The Morgan fingerprint density at radius 1 is 1.14 bits per heavy atom. The van der Waals surface area contributed by atoms with Gasteiger partial charge in [0.2, 0.25) is 0 Å². The van der Waals surface area contributed by atoms with Crippen molar-refractivity contribution >= 4 is 28.9 Å². The van der Waals surface area contributed by atoms with Gasteiger partial charge in [-0.3, -0.25) is 4.79 Å². The molecule has 2 aromatic rings. The summed E-state index contributed by atoms with van der Waals surface area (Å²) in [6.45, 7) is 7.47. The van der Waals surface area contributed by atoms with Gasteiger partial charge in [-0.25, -0.2) is 0 Å². The lowest BCUT2D eigenvalue weighted by molar-refractivity contribution is -0.137. The molecular weight excluding hydrogens is 493 g/mol. The number of alkyl halides is 3. The summed E-state index contributed by atoms with van der Waals surface area (Å²) in [4.78, 5) is 18.9. The molecule has 190 valence electrons. The molecule has 1 N–H and O–H groups in total.